The highest BCUT2D eigenvalue weighted by molar-refractivity contribution is 6.42. The fraction of sp³-hybridized carbons (Fsp3) is 0.432. The first-order valence-corrected chi connectivity index (χ1v) is 17.3. The summed E-state index contributed by atoms with van der Waals surface area (Å²) in [6.07, 6.45) is 4.06. The second-order valence-corrected chi connectivity index (χ2v) is 14.1. The number of carboxylic acids is 1. The summed E-state index contributed by atoms with van der Waals surface area (Å²) in [7, 11) is 0. The molecule has 2 N–H and O–H groups in total. The Hall–Kier alpha value is -3.43. The van der Waals surface area contributed by atoms with Gasteiger partial charge in [-0.2, -0.15) is 0 Å². The molecule has 1 unspecified atom stereocenters. The van der Waals surface area contributed by atoms with Crippen molar-refractivity contribution in [2.24, 2.45) is 5.92 Å². The summed E-state index contributed by atoms with van der Waals surface area (Å²) in [6, 6.07) is 25.3. The average Bonchev–Trinajstić information content (AvgIpc) is 3.55. The van der Waals surface area contributed by atoms with Crippen molar-refractivity contribution in [3.05, 3.63) is 106 Å². The van der Waals surface area contributed by atoms with E-state index in [1.165, 1.54) is 0 Å². The molecule has 0 saturated carbocycles. The minimum atomic E-state index is -0.766. The number of carboxylic acid groups (broad SMARTS) is 1. The number of hydrogen-bond acceptors (Lipinski definition) is 5. The van der Waals surface area contributed by atoms with E-state index in [0.29, 0.717) is 67.5 Å². The number of nitrogens with zero attached hydrogens (tertiary/aromatic N) is 3. The van der Waals surface area contributed by atoms with Gasteiger partial charge in [-0.3, -0.25) is 19.8 Å². The van der Waals surface area contributed by atoms with E-state index in [4.69, 9.17) is 23.2 Å². The number of halogens is 2. The predicted octanol–water partition coefficient (Wildman–Crippen LogP) is 6.03. The standard InChI is InChI=1S/C37H42Cl2N4O4/c38-31-12-11-30(25-32(31)39)36(16-24-42(26-36)33(44)27-7-3-1-4-8-27)15-21-41-22-17-37(18-23-41,29-9-5-2-6-10-29)35(47)40-43-19-13-28(14-20-43)34(45)46/h1-12,25,28H,13-24,26H2,(H,40,47)(H,45,46). The van der Waals surface area contributed by atoms with Crippen LogP contribution in [0.25, 0.3) is 0 Å². The molecule has 0 aromatic heterocycles. The molecule has 3 aliphatic heterocycles. The zero-order valence-electron chi connectivity index (χ0n) is 26.5. The zero-order chi connectivity index (χ0) is 33.0. The number of amides is 2. The zero-order valence-corrected chi connectivity index (χ0v) is 28.1. The molecule has 3 saturated heterocycles. The van der Waals surface area contributed by atoms with Crippen molar-refractivity contribution in [2.75, 3.05) is 45.8 Å². The van der Waals surface area contributed by atoms with Crippen LogP contribution in [0.1, 0.15) is 60.0 Å². The molecule has 248 valence electrons. The Bertz CT molecular complexity index is 1570. The molecule has 3 fully saturated rings. The van der Waals surface area contributed by atoms with Crippen molar-refractivity contribution >= 4 is 41.0 Å². The Kier molecular flexibility index (Phi) is 10.2. The Morgan fingerprint density at radius 1 is 0.787 bits per heavy atom. The lowest BCUT2D eigenvalue weighted by atomic mass is 9.71. The fourth-order valence-electron chi connectivity index (χ4n) is 7.64. The SMILES string of the molecule is O=C(O)C1CCN(NC(=O)C2(c3ccccc3)CCN(CCC3(c4ccc(Cl)c(Cl)c4)CCN(C(=O)c4ccccc4)C3)CC2)CC1. The van der Waals surface area contributed by atoms with Gasteiger partial charge in [0.2, 0.25) is 5.91 Å². The third kappa shape index (κ3) is 7.21. The summed E-state index contributed by atoms with van der Waals surface area (Å²) in [5.74, 6) is -1.10. The second-order valence-electron chi connectivity index (χ2n) is 13.3. The first-order valence-electron chi connectivity index (χ1n) is 16.6. The van der Waals surface area contributed by atoms with Gasteiger partial charge >= 0.3 is 5.97 Å². The highest BCUT2D eigenvalue weighted by atomic mass is 35.5. The Balaban J connectivity index is 1.15. The van der Waals surface area contributed by atoms with Gasteiger partial charge in [0.25, 0.3) is 5.91 Å². The third-order valence-corrected chi connectivity index (χ3v) is 11.4. The summed E-state index contributed by atoms with van der Waals surface area (Å²) in [6.45, 7) is 4.65. The highest BCUT2D eigenvalue weighted by Gasteiger charge is 2.45. The summed E-state index contributed by atoms with van der Waals surface area (Å²) < 4.78 is 0. The first kappa shape index (κ1) is 33.5. The van der Waals surface area contributed by atoms with Crippen LogP contribution < -0.4 is 5.43 Å². The summed E-state index contributed by atoms with van der Waals surface area (Å²) in [5, 5.41) is 12.3. The number of carbonyl (C=O) groups is 3. The molecule has 0 bridgehead atoms. The van der Waals surface area contributed by atoms with Crippen molar-refractivity contribution in [3.8, 4) is 0 Å². The molecule has 3 aromatic rings. The van der Waals surface area contributed by atoms with Crippen LogP contribution in [0.3, 0.4) is 0 Å². The number of likely N-dealkylation sites (tertiary alicyclic amines) is 2. The highest BCUT2D eigenvalue weighted by Crippen LogP contribution is 2.42. The number of hydrazine groups is 1. The summed E-state index contributed by atoms with van der Waals surface area (Å²) in [5.41, 5.74) is 5.02. The normalized spacial score (nSPS) is 22.2. The molecule has 2 amide bonds. The lowest BCUT2D eigenvalue weighted by Crippen LogP contribution is -2.57. The molecule has 0 aliphatic carbocycles. The van der Waals surface area contributed by atoms with Crippen molar-refractivity contribution in [1.82, 2.24) is 20.2 Å². The molecule has 3 heterocycles. The lowest BCUT2D eigenvalue weighted by Gasteiger charge is -2.43. The van der Waals surface area contributed by atoms with E-state index in [-0.39, 0.29) is 23.1 Å². The molecular weight excluding hydrogens is 635 g/mol. The number of nitrogens with one attached hydrogen (secondary N) is 1. The van der Waals surface area contributed by atoms with Crippen molar-refractivity contribution < 1.29 is 19.5 Å². The van der Waals surface area contributed by atoms with E-state index in [0.717, 1.165) is 43.6 Å². The number of benzene rings is 3. The topological polar surface area (TPSA) is 93.2 Å². The minimum Gasteiger partial charge on any atom is -0.481 e. The lowest BCUT2D eigenvalue weighted by molar-refractivity contribution is -0.144. The van der Waals surface area contributed by atoms with Gasteiger partial charge in [0.1, 0.15) is 0 Å². The number of rotatable bonds is 9. The van der Waals surface area contributed by atoms with E-state index in [1.54, 1.807) is 0 Å². The van der Waals surface area contributed by atoms with Gasteiger partial charge in [-0.1, -0.05) is 77.8 Å². The van der Waals surface area contributed by atoms with Crippen LogP contribution in [0.4, 0.5) is 0 Å². The van der Waals surface area contributed by atoms with Crippen molar-refractivity contribution in [1.29, 1.82) is 0 Å². The Morgan fingerprint density at radius 2 is 1.45 bits per heavy atom. The molecule has 0 radical (unpaired) electrons. The van der Waals surface area contributed by atoms with Crippen molar-refractivity contribution in [2.45, 2.75) is 49.4 Å². The third-order valence-electron chi connectivity index (χ3n) is 10.7. The number of aliphatic carboxylic acids is 1. The van der Waals surface area contributed by atoms with Crippen LogP contribution in [0.15, 0.2) is 78.9 Å². The fourth-order valence-corrected chi connectivity index (χ4v) is 7.94. The molecule has 8 nitrogen and oxygen atoms in total. The van der Waals surface area contributed by atoms with Gasteiger partial charge in [-0.05, 0) is 93.6 Å². The quantitative estimate of drug-likeness (QED) is 0.288. The maximum absolute atomic E-state index is 14.0. The van der Waals surface area contributed by atoms with Crippen LogP contribution in [0.5, 0.6) is 0 Å². The number of piperidine rings is 2. The van der Waals surface area contributed by atoms with E-state index in [1.807, 2.05) is 88.8 Å². The van der Waals surface area contributed by atoms with E-state index in [9.17, 15) is 19.5 Å². The van der Waals surface area contributed by atoms with Crippen LogP contribution in [-0.4, -0.2) is 83.5 Å². The summed E-state index contributed by atoms with van der Waals surface area (Å²) in [4.78, 5) is 43.3. The molecule has 10 heteroatoms. The molecule has 47 heavy (non-hydrogen) atoms. The van der Waals surface area contributed by atoms with Gasteiger partial charge in [0.15, 0.2) is 0 Å². The molecular formula is C37H42Cl2N4O4. The van der Waals surface area contributed by atoms with Crippen LogP contribution in [0.2, 0.25) is 10.0 Å². The monoisotopic (exact) mass is 676 g/mol. The Labute approximate surface area is 286 Å². The smallest absolute Gasteiger partial charge is 0.306 e. The van der Waals surface area contributed by atoms with Gasteiger partial charge in [0, 0.05) is 37.2 Å². The van der Waals surface area contributed by atoms with Gasteiger partial charge < -0.3 is 14.9 Å². The number of hydrogen-bond donors (Lipinski definition) is 2. The Morgan fingerprint density at radius 3 is 2.09 bits per heavy atom. The van der Waals surface area contributed by atoms with Crippen LogP contribution in [0, 0.1) is 5.92 Å². The average molecular weight is 678 g/mol. The van der Waals surface area contributed by atoms with Crippen LogP contribution >= 0.6 is 23.2 Å². The minimum absolute atomic E-state index is 0.0183. The molecule has 0 spiro atoms. The van der Waals surface area contributed by atoms with Gasteiger partial charge in [-0.25, -0.2) is 5.01 Å². The largest absolute Gasteiger partial charge is 0.481 e. The van der Waals surface area contributed by atoms with Crippen molar-refractivity contribution in [3.63, 3.8) is 0 Å². The van der Waals surface area contributed by atoms with Crippen LogP contribution in [-0.2, 0) is 20.4 Å². The molecule has 3 aliphatic rings. The first-order chi connectivity index (χ1) is 22.7. The van der Waals surface area contributed by atoms with E-state index >= 15 is 0 Å². The van der Waals surface area contributed by atoms with Gasteiger partial charge in [0.05, 0.1) is 21.4 Å². The van der Waals surface area contributed by atoms with E-state index in [2.05, 4.69) is 10.3 Å². The van der Waals surface area contributed by atoms with E-state index < -0.39 is 11.4 Å². The van der Waals surface area contributed by atoms with Gasteiger partial charge in [-0.15, -0.1) is 0 Å². The summed E-state index contributed by atoms with van der Waals surface area (Å²) >= 11 is 12.8. The maximum atomic E-state index is 14.0. The number of carbonyl (C=O) groups excluding carboxylic acids is 2. The predicted molar refractivity (Wildman–Crippen MR) is 184 cm³/mol. The molecule has 1 atom stereocenters. The molecule has 3 aromatic carbocycles. The second kappa shape index (κ2) is 14.4. The molecule has 6 rings (SSSR count). The maximum Gasteiger partial charge on any atom is 0.306 e.